The van der Waals surface area contributed by atoms with Crippen LogP contribution in [0.1, 0.15) is 48.3 Å². The van der Waals surface area contributed by atoms with E-state index in [0.717, 1.165) is 0 Å². The zero-order chi connectivity index (χ0) is 14.9. The van der Waals surface area contributed by atoms with Gasteiger partial charge in [-0.05, 0) is 20.3 Å². The van der Waals surface area contributed by atoms with Crippen molar-refractivity contribution in [1.29, 1.82) is 0 Å². The van der Waals surface area contributed by atoms with Gasteiger partial charge in [-0.3, -0.25) is 0 Å². The molecule has 2 atom stereocenters. The van der Waals surface area contributed by atoms with Crippen molar-refractivity contribution in [2.75, 3.05) is 13.2 Å². The fourth-order valence-corrected chi connectivity index (χ4v) is 2.08. The molecule has 1 fully saturated rings. The number of aromatic nitrogens is 1. The molecule has 0 bridgehead atoms. The maximum atomic E-state index is 12.9. The number of hydrogen-bond acceptors (Lipinski definition) is 5. The molecule has 0 spiro atoms. The average molecular weight is 293 g/mol. The maximum Gasteiger partial charge on any atom is 0.437 e. The van der Waals surface area contributed by atoms with E-state index in [1.807, 2.05) is 0 Å². The molecular weight excluding hydrogens is 279 g/mol. The third-order valence-electron chi connectivity index (χ3n) is 3.07. The Morgan fingerprint density at radius 1 is 1.50 bits per heavy atom. The predicted molar refractivity (Wildman–Crippen MR) is 60.2 cm³/mol. The van der Waals surface area contributed by atoms with Crippen molar-refractivity contribution < 1.29 is 31.9 Å². The lowest BCUT2D eigenvalue weighted by Gasteiger charge is -2.08. The summed E-state index contributed by atoms with van der Waals surface area (Å²) in [6.07, 6.45) is -4.57. The van der Waals surface area contributed by atoms with Gasteiger partial charge < -0.3 is 13.9 Å². The highest BCUT2D eigenvalue weighted by atomic mass is 19.4. The van der Waals surface area contributed by atoms with Crippen molar-refractivity contribution >= 4 is 5.97 Å². The van der Waals surface area contributed by atoms with Crippen LogP contribution in [0.15, 0.2) is 4.42 Å². The van der Waals surface area contributed by atoms with E-state index >= 15 is 0 Å². The summed E-state index contributed by atoms with van der Waals surface area (Å²) in [4.78, 5) is 15.0. The summed E-state index contributed by atoms with van der Waals surface area (Å²) in [7, 11) is 0. The first-order valence-electron chi connectivity index (χ1n) is 6.21. The van der Waals surface area contributed by atoms with E-state index in [1.54, 1.807) is 6.92 Å². The highest BCUT2D eigenvalue weighted by Crippen LogP contribution is 2.37. The smallest absolute Gasteiger partial charge is 0.437 e. The van der Waals surface area contributed by atoms with E-state index in [0.29, 0.717) is 13.0 Å². The summed E-state index contributed by atoms with van der Waals surface area (Å²) in [5, 5.41) is 0. The van der Waals surface area contributed by atoms with Gasteiger partial charge in [0.1, 0.15) is 0 Å². The highest BCUT2D eigenvalue weighted by molar-refractivity contribution is 5.87. The van der Waals surface area contributed by atoms with Gasteiger partial charge >= 0.3 is 12.1 Å². The molecule has 0 amide bonds. The Morgan fingerprint density at radius 3 is 2.70 bits per heavy atom. The fourth-order valence-electron chi connectivity index (χ4n) is 2.08. The zero-order valence-electron chi connectivity index (χ0n) is 11.0. The Balaban J connectivity index is 2.39. The monoisotopic (exact) mass is 293 g/mol. The number of hydrogen-bond donors (Lipinski definition) is 0. The van der Waals surface area contributed by atoms with Crippen LogP contribution >= 0.6 is 0 Å². The van der Waals surface area contributed by atoms with Crippen LogP contribution in [0, 0.1) is 0 Å². The van der Waals surface area contributed by atoms with Crippen molar-refractivity contribution in [3.8, 4) is 0 Å². The van der Waals surface area contributed by atoms with Gasteiger partial charge in [-0.15, -0.1) is 0 Å². The van der Waals surface area contributed by atoms with Crippen LogP contribution in [-0.4, -0.2) is 30.3 Å². The Bertz CT molecular complexity index is 497. The lowest BCUT2D eigenvalue weighted by atomic mass is 10.0. The summed E-state index contributed by atoms with van der Waals surface area (Å²) in [5.74, 6) is -2.58. The number of carbonyl (C=O) groups excluding carboxylic acids is 1. The molecule has 0 aliphatic carbocycles. The van der Waals surface area contributed by atoms with Gasteiger partial charge in [-0.25, -0.2) is 9.78 Å². The van der Waals surface area contributed by atoms with Crippen molar-refractivity contribution in [2.24, 2.45) is 0 Å². The molecule has 0 N–H and O–H groups in total. The second kappa shape index (κ2) is 5.43. The Hall–Kier alpha value is -1.57. The van der Waals surface area contributed by atoms with Crippen molar-refractivity contribution in [3.05, 3.63) is 17.3 Å². The minimum absolute atomic E-state index is 0.0465. The standard InChI is InChI=1S/C12H14F3NO4/c1-3-18-11(17)8-9(12(13,14)15)16-10(20-8)7-4-5-19-6(7)2/h6-7H,3-5H2,1-2H3. The van der Waals surface area contributed by atoms with Crippen LogP contribution in [-0.2, 0) is 15.7 Å². The van der Waals surface area contributed by atoms with Gasteiger partial charge in [-0.2, -0.15) is 13.2 Å². The third kappa shape index (κ3) is 2.79. The summed E-state index contributed by atoms with van der Waals surface area (Å²) in [6, 6.07) is 0. The summed E-state index contributed by atoms with van der Waals surface area (Å²) < 4.78 is 53.5. The molecule has 1 aromatic heterocycles. The molecule has 2 rings (SSSR count). The quantitative estimate of drug-likeness (QED) is 0.802. The lowest BCUT2D eigenvalue weighted by molar-refractivity contribution is -0.141. The first-order valence-corrected chi connectivity index (χ1v) is 6.21. The van der Waals surface area contributed by atoms with Crippen LogP contribution in [0.2, 0.25) is 0 Å². The zero-order valence-corrected chi connectivity index (χ0v) is 11.0. The maximum absolute atomic E-state index is 12.9. The van der Waals surface area contributed by atoms with Gasteiger partial charge in [0.2, 0.25) is 11.7 Å². The second-order valence-corrected chi connectivity index (χ2v) is 4.42. The number of rotatable bonds is 3. The summed E-state index contributed by atoms with van der Waals surface area (Å²) in [6.45, 7) is 3.59. The van der Waals surface area contributed by atoms with E-state index in [4.69, 9.17) is 9.15 Å². The SMILES string of the molecule is CCOC(=O)c1oc(C2CCOC2C)nc1C(F)(F)F. The van der Waals surface area contributed by atoms with Gasteiger partial charge in [0.15, 0.2) is 5.69 Å². The molecule has 112 valence electrons. The number of ether oxygens (including phenoxy) is 2. The van der Waals surface area contributed by atoms with Crippen molar-refractivity contribution in [3.63, 3.8) is 0 Å². The highest BCUT2D eigenvalue weighted by Gasteiger charge is 2.43. The first-order chi connectivity index (χ1) is 9.34. The molecule has 0 saturated carbocycles. The van der Waals surface area contributed by atoms with E-state index < -0.39 is 23.6 Å². The normalized spacial score (nSPS) is 23.1. The van der Waals surface area contributed by atoms with E-state index in [2.05, 4.69) is 9.72 Å². The minimum atomic E-state index is -4.77. The fraction of sp³-hybridized carbons (Fsp3) is 0.667. The number of oxazole rings is 1. The van der Waals surface area contributed by atoms with Gasteiger partial charge in [0.25, 0.3) is 0 Å². The molecule has 20 heavy (non-hydrogen) atoms. The predicted octanol–water partition coefficient (Wildman–Crippen LogP) is 2.76. The van der Waals surface area contributed by atoms with Crippen LogP contribution < -0.4 is 0 Å². The number of alkyl halides is 3. The molecule has 2 heterocycles. The molecule has 1 saturated heterocycles. The van der Waals surface area contributed by atoms with Crippen LogP contribution in [0.25, 0.3) is 0 Å². The van der Waals surface area contributed by atoms with Gasteiger partial charge in [0.05, 0.1) is 18.6 Å². The Morgan fingerprint density at radius 2 is 2.20 bits per heavy atom. The number of esters is 1. The van der Waals surface area contributed by atoms with Gasteiger partial charge in [0, 0.05) is 6.61 Å². The van der Waals surface area contributed by atoms with Crippen LogP contribution in [0.4, 0.5) is 13.2 Å². The molecule has 2 unspecified atom stereocenters. The van der Waals surface area contributed by atoms with E-state index in [1.165, 1.54) is 6.92 Å². The Labute approximate surface area is 113 Å². The largest absolute Gasteiger partial charge is 0.460 e. The topological polar surface area (TPSA) is 61.6 Å². The van der Waals surface area contributed by atoms with Crippen molar-refractivity contribution in [1.82, 2.24) is 4.98 Å². The number of halogens is 3. The van der Waals surface area contributed by atoms with Crippen LogP contribution in [0.3, 0.4) is 0 Å². The second-order valence-electron chi connectivity index (χ2n) is 4.42. The van der Waals surface area contributed by atoms with Gasteiger partial charge in [-0.1, -0.05) is 0 Å². The third-order valence-corrected chi connectivity index (χ3v) is 3.07. The summed E-state index contributed by atoms with van der Waals surface area (Å²) in [5.41, 5.74) is -1.34. The van der Waals surface area contributed by atoms with Crippen LogP contribution in [0.5, 0.6) is 0 Å². The molecular formula is C12H14F3NO4. The molecule has 1 aliphatic rings. The first kappa shape index (κ1) is 14.8. The molecule has 0 radical (unpaired) electrons. The molecule has 0 aromatic carbocycles. The molecule has 1 aromatic rings. The number of nitrogens with zero attached hydrogens (tertiary/aromatic N) is 1. The Kier molecular flexibility index (Phi) is 4.03. The number of carbonyl (C=O) groups is 1. The van der Waals surface area contributed by atoms with E-state index in [9.17, 15) is 18.0 Å². The van der Waals surface area contributed by atoms with E-state index in [-0.39, 0.29) is 24.5 Å². The molecule has 5 nitrogen and oxygen atoms in total. The molecule has 8 heteroatoms. The van der Waals surface area contributed by atoms with Crippen molar-refractivity contribution in [2.45, 2.75) is 38.5 Å². The summed E-state index contributed by atoms with van der Waals surface area (Å²) >= 11 is 0. The average Bonchev–Trinajstić information content (AvgIpc) is 2.94. The molecule has 1 aliphatic heterocycles. The lowest BCUT2D eigenvalue weighted by Crippen LogP contribution is -2.14. The minimum Gasteiger partial charge on any atom is -0.460 e.